The largest absolute Gasteiger partial charge is 1.00 e. The summed E-state index contributed by atoms with van der Waals surface area (Å²) in [6.07, 6.45) is 1.69. The van der Waals surface area contributed by atoms with E-state index >= 15 is 0 Å². The second-order valence-electron chi connectivity index (χ2n) is 10.3. The summed E-state index contributed by atoms with van der Waals surface area (Å²) in [6.45, 7) is 6.55. The monoisotopic (exact) mass is 757 g/mol. The molecule has 15 nitrogen and oxygen atoms in total. The molecule has 2 saturated heterocycles. The first-order chi connectivity index (χ1) is 23.8. The average molecular weight is 758 g/mol. The fourth-order valence-corrected chi connectivity index (χ4v) is 3.98. The van der Waals surface area contributed by atoms with Crippen LogP contribution >= 0.6 is 12.4 Å². The number of hydrogen-bond acceptors (Lipinski definition) is 15. The molecule has 0 saturated carbocycles. The number of carbonyl (C=O) groups excluding carboxylic acids is 8. The fourth-order valence-electron chi connectivity index (χ4n) is 3.98. The van der Waals surface area contributed by atoms with Crippen molar-refractivity contribution in [3.05, 3.63) is 71.8 Å². The molecule has 2 atom stereocenters. The molecule has 279 valence electrons. The van der Waals surface area contributed by atoms with Crippen molar-refractivity contribution in [3.8, 4) is 0 Å². The smallest absolute Gasteiger partial charge is 0.793 e. The Morgan fingerprint density at radius 2 is 1.25 bits per heavy atom. The number of esters is 2. The van der Waals surface area contributed by atoms with Gasteiger partial charge in [-0.1, -0.05) is 60.7 Å². The third kappa shape index (κ3) is 25.1. The van der Waals surface area contributed by atoms with Gasteiger partial charge in [0.1, 0.15) is 29.7 Å². The molecule has 2 aliphatic heterocycles. The molecule has 2 unspecified atom stereocenters. The zero-order valence-corrected chi connectivity index (χ0v) is 33.0. The van der Waals surface area contributed by atoms with Gasteiger partial charge >= 0.3 is 53.4 Å². The number of ether oxygens (including phenoxy) is 2. The molecule has 2 aromatic rings. The van der Waals surface area contributed by atoms with E-state index in [0.29, 0.717) is 39.0 Å². The van der Waals surface area contributed by atoms with Gasteiger partial charge in [-0.25, -0.2) is 19.4 Å². The Morgan fingerprint density at radius 3 is 1.65 bits per heavy atom. The number of nitrogens with zero attached hydrogens (tertiary/aromatic N) is 1. The fraction of sp³-hybridized carbons (Fsp3) is 0.412. The molecule has 52 heavy (non-hydrogen) atoms. The van der Waals surface area contributed by atoms with E-state index in [2.05, 4.69) is 42.2 Å². The molecule has 0 bridgehead atoms. The molecule has 2 aromatic carbocycles. The van der Waals surface area contributed by atoms with E-state index in [4.69, 9.17) is 0 Å². The normalized spacial score (nSPS) is 15.6. The summed E-state index contributed by atoms with van der Waals surface area (Å²) in [6, 6.07) is 19.1. The van der Waals surface area contributed by atoms with E-state index in [-0.39, 0.29) is 53.5 Å². The van der Waals surface area contributed by atoms with Crippen molar-refractivity contribution in [1.29, 1.82) is 0 Å². The minimum Gasteiger partial charge on any atom is -0.793 e. The van der Waals surface area contributed by atoms with Gasteiger partial charge in [0.15, 0.2) is 0 Å². The Hall–Kier alpha value is -3.93. The second kappa shape index (κ2) is 31.8. The number of hydrogen-bond donors (Lipinski definition) is 1. The van der Waals surface area contributed by atoms with Crippen LogP contribution in [-0.4, -0.2) is 101 Å². The van der Waals surface area contributed by atoms with E-state index in [9.17, 15) is 38.4 Å². The Labute approximate surface area is 332 Å². The van der Waals surface area contributed by atoms with Crippen LogP contribution in [0.1, 0.15) is 49.5 Å². The summed E-state index contributed by atoms with van der Waals surface area (Å²) in [5.74, 6) is -3.81. The number of benzene rings is 2. The number of methoxy groups -OCH3 is 2. The van der Waals surface area contributed by atoms with Crippen LogP contribution in [0.25, 0.3) is 0 Å². The van der Waals surface area contributed by atoms with Gasteiger partial charge in [-0.05, 0) is 5.56 Å². The van der Waals surface area contributed by atoms with Crippen molar-refractivity contribution < 1.29 is 91.8 Å². The average Bonchev–Trinajstić information content (AvgIpc) is 3.13. The number of nitrogens with one attached hydrogen (secondary N) is 1. The van der Waals surface area contributed by atoms with Gasteiger partial charge in [0.2, 0.25) is 5.97 Å². The summed E-state index contributed by atoms with van der Waals surface area (Å²) in [7, 11) is 6.94. The van der Waals surface area contributed by atoms with Crippen LogP contribution in [-0.2, 0) is 64.0 Å². The molecule has 0 spiro atoms. The molecule has 18 heteroatoms. The first-order valence-electron chi connectivity index (χ1n) is 15.2. The van der Waals surface area contributed by atoms with Crippen molar-refractivity contribution in [3.63, 3.8) is 0 Å². The number of Topliss-reactive ketones (excluding diaryl/α,β-unsaturated/α-hetero) is 2. The van der Waals surface area contributed by atoms with E-state index in [1.165, 1.54) is 26.7 Å². The molecule has 0 amide bonds. The number of ketones is 2. The molecule has 4 rings (SSSR count). The van der Waals surface area contributed by atoms with Crippen LogP contribution in [0, 0.1) is 11.8 Å². The van der Waals surface area contributed by atoms with E-state index in [1.54, 1.807) is 12.1 Å². The Morgan fingerprint density at radius 1 is 0.788 bits per heavy atom. The van der Waals surface area contributed by atoms with Gasteiger partial charge in [-0.15, -0.1) is 12.4 Å². The predicted octanol–water partition coefficient (Wildman–Crippen LogP) is -0.826. The molecule has 0 aromatic heterocycles. The van der Waals surface area contributed by atoms with Crippen LogP contribution in [0.3, 0.4) is 0 Å². The minimum atomic E-state index is -0.639. The third-order valence-corrected chi connectivity index (χ3v) is 6.39. The van der Waals surface area contributed by atoms with Crippen molar-refractivity contribution in [2.24, 2.45) is 11.8 Å². The van der Waals surface area contributed by atoms with E-state index < -0.39 is 41.7 Å². The summed E-state index contributed by atoms with van der Waals surface area (Å²) < 4.78 is 12.7. The SMILES string of the molecule is CC(=O)OOC(C)=O.COC(=O)C1CN(Cc2ccccc2)CCC1=O.COC(=O)C1CNCCC1=O.Cl.O=Cc1ccccc1.[B-]OC(C)=O.[Na+]. The first-order valence-corrected chi connectivity index (χ1v) is 15.2. The molecule has 0 aliphatic carbocycles. The number of likely N-dealkylation sites (tertiary alicyclic amines) is 1. The number of halogens is 1. The predicted molar refractivity (Wildman–Crippen MR) is 185 cm³/mol. The van der Waals surface area contributed by atoms with Crippen LogP contribution in [0.15, 0.2) is 60.7 Å². The summed E-state index contributed by atoms with van der Waals surface area (Å²) in [5, 5.41) is 2.96. The van der Waals surface area contributed by atoms with Crippen molar-refractivity contribution in [2.75, 3.05) is 40.4 Å². The van der Waals surface area contributed by atoms with Gasteiger partial charge in [-0.2, -0.15) is 0 Å². The zero-order chi connectivity index (χ0) is 37.9. The molecule has 2 heterocycles. The molecule has 2 fully saturated rings. The molecule has 1 N–H and O–H groups in total. The Bertz CT molecular complexity index is 1360. The molecular weight excluding hydrogens is 714 g/mol. The Kier molecular flexibility index (Phi) is 32.0. The van der Waals surface area contributed by atoms with Crippen LogP contribution in [0.4, 0.5) is 0 Å². The number of carbonyl (C=O) groups is 8. The van der Waals surface area contributed by atoms with Crippen molar-refractivity contribution in [1.82, 2.24) is 10.2 Å². The summed E-state index contributed by atoms with van der Waals surface area (Å²) in [4.78, 5) is 94.0. The van der Waals surface area contributed by atoms with Gasteiger partial charge in [-0.3, -0.25) is 33.7 Å². The summed E-state index contributed by atoms with van der Waals surface area (Å²) in [5.41, 5.74) is 1.92. The summed E-state index contributed by atoms with van der Waals surface area (Å²) >= 11 is 0. The molecule has 2 aliphatic rings. The standard InChI is InChI=1S/C14H17NO3.C7H11NO3.C7H6O.C4H6O4.C2H3BO2.ClH.Na/c1-18-14(17)12-10-15(8-7-13(12)16)9-11-5-3-2-4-6-11;1-11-7(10)5-4-8-3-2-6(5)9;8-6-7-4-2-1-3-5-7;1-3(5)7-8-4(2)6;1-2(4)5-3;;/h2-6,12H,7-10H2,1H3;5,8H,2-4H2,1H3;1-6H;1-2H3;1H3;1H;/q;;;;-1;;+1. The molecule has 3 radical (unpaired) electrons. The van der Waals surface area contributed by atoms with Gasteiger partial charge < -0.3 is 27.5 Å². The maximum Gasteiger partial charge on any atom is 1.00 e. The minimum absolute atomic E-state index is 0. The van der Waals surface area contributed by atoms with Gasteiger partial charge in [0.05, 0.1) is 14.2 Å². The van der Waals surface area contributed by atoms with Crippen LogP contribution in [0.5, 0.6) is 0 Å². The quantitative estimate of drug-likeness (QED) is 0.0990. The number of piperidine rings is 2. The van der Waals surface area contributed by atoms with E-state index in [0.717, 1.165) is 32.2 Å². The maximum atomic E-state index is 11.7. The zero-order valence-electron chi connectivity index (χ0n) is 30.2. The number of rotatable bonds is 5. The molecular formula is C34H44BClN2NaO13. The maximum absolute atomic E-state index is 11.7. The van der Waals surface area contributed by atoms with Gasteiger partial charge in [0.25, 0.3) is 0 Å². The third-order valence-electron chi connectivity index (χ3n) is 6.39. The van der Waals surface area contributed by atoms with Crippen molar-refractivity contribution >= 4 is 68.2 Å². The van der Waals surface area contributed by atoms with E-state index in [1.807, 2.05) is 48.5 Å². The second-order valence-corrected chi connectivity index (χ2v) is 10.3. The first kappa shape index (κ1) is 52.4. The Balaban J connectivity index is -0.000000614. The van der Waals surface area contributed by atoms with Gasteiger partial charge in [0, 0.05) is 71.9 Å². The topological polar surface area (TPSA) is 198 Å². The van der Waals surface area contributed by atoms with Crippen LogP contribution < -0.4 is 34.9 Å². The van der Waals surface area contributed by atoms with Crippen LogP contribution in [0.2, 0.25) is 0 Å². The van der Waals surface area contributed by atoms with Crippen molar-refractivity contribution in [2.45, 2.75) is 40.2 Å². The number of aldehydes is 1.